The molecule has 0 fully saturated rings. The number of nitrogens with zero attached hydrogens (tertiary/aromatic N) is 2. The van der Waals surface area contributed by atoms with Crippen molar-refractivity contribution in [2.45, 2.75) is 6.55 Å². The molecule has 0 aliphatic carbocycles. The van der Waals surface area contributed by atoms with Crippen LogP contribution in [-0.2, 0) is 0 Å². The highest BCUT2D eigenvalue weighted by atomic mass is 32.1. The second-order valence-corrected chi connectivity index (χ2v) is 2.41. The highest BCUT2D eigenvalue weighted by molar-refractivity contribution is 7.71. The molecule has 1 aromatic rings. The van der Waals surface area contributed by atoms with Crippen molar-refractivity contribution in [2.75, 3.05) is 0 Å². The number of aromatic nitrogens is 1. The van der Waals surface area contributed by atoms with Crippen LogP contribution in [0.2, 0.25) is 0 Å². The first-order valence-corrected chi connectivity index (χ1v) is 3.47. The molecule has 0 atom stereocenters. The second kappa shape index (κ2) is 3.41. The van der Waals surface area contributed by atoms with Crippen molar-refractivity contribution in [2.24, 2.45) is 0 Å². The van der Waals surface area contributed by atoms with Crippen molar-refractivity contribution < 1.29 is 8.78 Å². The predicted octanol–water partition coefficient (Wildman–Crippen LogP) is 2.48. The fourth-order valence-electron chi connectivity index (χ4n) is 0.749. The van der Waals surface area contributed by atoms with Crippen molar-refractivity contribution in [3.63, 3.8) is 0 Å². The van der Waals surface area contributed by atoms with E-state index in [9.17, 15) is 8.78 Å². The quantitative estimate of drug-likeness (QED) is 0.630. The zero-order valence-corrected chi connectivity index (χ0v) is 6.68. The Labute approximate surface area is 72.7 Å². The van der Waals surface area contributed by atoms with Gasteiger partial charge in [0.2, 0.25) is 0 Å². The van der Waals surface area contributed by atoms with E-state index < -0.39 is 6.55 Å². The Balaban J connectivity index is 3.36. The number of nitriles is 1. The Morgan fingerprint density at radius 2 is 2.25 bits per heavy atom. The van der Waals surface area contributed by atoms with E-state index in [2.05, 4.69) is 12.2 Å². The molecule has 0 amide bonds. The van der Waals surface area contributed by atoms with Crippen LogP contribution in [0.25, 0.3) is 0 Å². The first kappa shape index (κ1) is 8.81. The fourth-order valence-corrected chi connectivity index (χ4v) is 1.00. The maximum Gasteiger partial charge on any atom is 0.319 e. The highest BCUT2D eigenvalue weighted by Crippen LogP contribution is 2.12. The third kappa shape index (κ3) is 1.48. The summed E-state index contributed by atoms with van der Waals surface area (Å²) in [5.74, 6) is 0. The summed E-state index contributed by atoms with van der Waals surface area (Å²) >= 11 is 4.63. The molecule has 0 N–H and O–H groups in total. The molecule has 2 nitrogen and oxygen atoms in total. The normalized spacial score (nSPS) is 9.83. The number of rotatable bonds is 1. The summed E-state index contributed by atoms with van der Waals surface area (Å²) in [5.41, 5.74) is 0.0906. The minimum Gasteiger partial charge on any atom is -0.281 e. The molecule has 0 radical (unpaired) electrons. The molecule has 5 heteroatoms. The van der Waals surface area contributed by atoms with Gasteiger partial charge in [-0.3, -0.25) is 4.57 Å². The van der Waals surface area contributed by atoms with Gasteiger partial charge in [0.25, 0.3) is 0 Å². The number of pyridine rings is 1. The lowest BCUT2D eigenvalue weighted by molar-refractivity contribution is 0.0682. The molecule has 1 aromatic heterocycles. The van der Waals surface area contributed by atoms with E-state index >= 15 is 0 Å². The first-order valence-electron chi connectivity index (χ1n) is 3.06. The van der Waals surface area contributed by atoms with Gasteiger partial charge in [-0.2, -0.15) is 14.0 Å². The Morgan fingerprint density at radius 1 is 1.58 bits per heavy atom. The van der Waals surface area contributed by atoms with Crippen molar-refractivity contribution in [1.82, 2.24) is 4.57 Å². The largest absolute Gasteiger partial charge is 0.319 e. The van der Waals surface area contributed by atoms with Gasteiger partial charge in [-0.15, -0.1) is 0 Å². The third-order valence-corrected chi connectivity index (χ3v) is 1.74. The van der Waals surface area contributed by atoms with Gasteiger partial charge >= 0.3 is 6.55 Å². The summed E-state index contributed by atoms with van der Waals surface area (Å²) in [5, 5.41) is 8.45. The molecular weight excluding hydrogens is 182 g/mol. The molecule has 0 bridgehead atoms. The summed E-state index contributed by atoms with van der Waals surface area (Å²) in [6.07, 6.45) is 1.15. The van der Waals surface area contributed by atoms with Crippen molar-refractivity contribution in [1.29, 1.82) is 5.26 Å². The van der Waals surface area contributed by atoms with E-state index in [4.69, 9.17) is 5.26 Å². The molecule has 0 aliphatic heterocycles. The second-order valence-electron chi connectivity index (χ2n) is 2.02. The minimum absolute atomic E-state index is 0.0906. The monoisotopic (exact) mass is 186 g/mol. The van der Waals surface area contributed by atoms with Crippen LogP contribution in [0.3, 0.4) is 0 Å². The van der Waals surface area contributed by atoms with E-state index in [1.54, 1.807) is 6.07 Å². The molecule has 0 saturated heterocycles. The first-order chi connectivity index (χ1) is 5.66. The van der Waals surface area contributed by atoms with Crippen LogP contribution >= 0.6 is 12.2 Å². The Kier molecular flexibility index (Phi) is 2.51. The van der Waals surface area contributed by atoms with Crippen LogP contribution in [0.1, 0.15) is 12.1 Å². The van der Waals surface area contributed by atoms with Crippen LogP contribution in [0.5, 0.6) is 0 Å². The third-order valence-electron chi connectivity index (χ3n) is 1.31. The molecule has 0 saturated carbocycles. The smallest absolute Gasteiger partial charge is 0.281 e. The van der Waals surface area contributed by atoms with Gasteiger partial charge in [-0.05, 0) is 12.1 Å². The maximum atomic E-state index is 12.1. The molecule has 62 valence electrons. The number of halogens is 2. The Bertz CT molecular complexity index is 378. The number of alkyl halides is 2. The minimum atomic E-state index is -2.69. The molecular formula is C7H4F2N2S. The lowest BCUT2D eigenvalue weighted by atomic mass is 10.3. The summed E-state index contributed by atoms with van der Waals surface area (Å²) in [6, 6.07) is 4.50. The van der Waals surface area contributed by atoms with Gasteiger partial charge in [0.05, 0.1) is 5.56 Å². The van der Waals surface area contributed by atoms with Gasteiger partial charge in [-0.1, -0.05) is 12.2 Å². The van der Waals surface area contributed by atoms with E-state index in [0.717, 1.165) is 6.20 Å². The van der Waals surface area contributed by atoms with E-state index in [0.29, 0.717) is 4.57 Å². The topological polar surface area (TPSA) is 28.7 Å². The maximum absolute atomic E-state index is 12.1. The molecule has 12 heavy (non-hydrogen) atoms. The summed E-state index contributed by atoms with van der Waals surface area (Å²) in [6.45, 7) is -2.69. The number of hydrogen-bond donors (Lipinski definition) is 0. The molecule has 1 heterocycles. The molecule has 0 spiro atoms. The van der Waals surface area contributed by atoms with Gasteiger partial charge in [0.1, 0.15) is 10.7 Å². The van der Waals surface area contributed by atoms with Gasteiger partial charge in [0.15, 0.2) is 0 Å². The lowest BCUT2D eigenvalue weighted by Crippen LogP contribution is -2.00. The van der Waals surface area contributed by atoms with Gasteiger partial charge < -0.3 is 0 Å². The molecule has 0 aromatic carbocycles. The predicted molar refractivity (Wildman–Crippen MR) is 41.2 cm³/mol. The molecule has 1 rings (SSSR count). The van der Waals surface area contributed by atoms with Crippen LogP contribution in [0.15, 0.2) is 18.3 Å². The Morgan fingerprint density at radius 3 is 2.75 bits per heavy atom. The standard InChI is InChI=1S/C7H4F2N2S/c8-7(9)11-3-1-2-5(4-10)6(11)12/h1-3,7H. The fraction of sp³-hybridized carbons (Fsp3) is 0.143. The highest BCUT2D eigenvalue weighted by Gasteiger charge is 2.06. The molecule has 0 unspecified atom stereocenters. The van der Waals surface area contributed by atoms with Crippen molar-refractivity contribution in [3.8, 4) is 6.07 Å². The summed E-state index contributed by atoms with van der Waals surface area (Å²) in [7, 11) is 0. The SMILES string of the molecule is N#Cc1cccn(C(F)F)c1=S. The van der Waals surface area contributed by atoms with E-state index in [1.807, 2.05) is 0 Å². The van der Waals surface area contributed by atoms with Gasteiger partial charge in [0, 0.05) is 6.20 Å². The molecule has 0 aliphatic rings. The lowest BCUT2D eigenvalue weighted by Gasteiger charge is -2.04. The number of hydrogen-bond acceptors (Lipinski definition) is 2. The van der Waals surface area contributed by atoms with Crippen LogP contribution in [0, 0.1) is 16.0 Å². The summed E-state index contributed by atoms with van der Waals surface area (Å²) in [4.78, 5) is 0. The van der Waals surface area contributed by atoms with Crippen LogP contribution in [-0.4, -0.2) is 4.57 Å². The van der Waals surface area contributed by atoms with E-state index in [1.165, 1.54) is 12.1 Å². The zero-order valence-electron chi connectivity index (χ0n) is 5.87. The van der Waals surface area contributed by atoms with Crippen molar-refractivity contribution >= 4 is 12.2 Å². The van der Waals surface area contributed by atoms with Gasteiger partial charge in [-0.25, -0.2) is 0 Å². The average Bonchev–Trinajstić information content (AvgIpc) is 2.04. The zero-order chi connectivity index (χ0) is 9.14. The van der Waals surface area contributed by atoms with Crippen LogP contribution in [0.4, 0.5) is 8.78 Å². The summed E-state index contributed by atoms with van der Waals surface area (Å²) < 4.78 is 24.7. The Hall–Kier alpha value is -1.28. The van der Waals surface area contributed by atoms with E-state index in [-0.39, 0.29) is 10.2 Å². The van der Waals surface area contributed by atoms with Crippen molar-refractivity contribution in [3.05, 3.63) is 28.5 Å². The van der Waals surface area contributed by atoms with Crippen LogP contribution < -0.4 is 0 Å². The average molecular weight is 186 g/mol.